The summed E-state index contributed by atoms with van der Waals surface area (Å²) in [5.74, 6) is 0. The molecule has 1 aromatic rings. The van der Waals surface area contributed by atoms with Crippen molar-refractivity contribution in [1.82, 2.24) is 9.78 Å². The van der Waals surface area contributed by atoms with Crippen molar-refractivity contribution in [3.8, 4) is 6.07 Å². The van der Waals surface area contributed by atoms with Gasteiger partial charge in [0, 0.05) is 5.69 Å². The Bertz CT molecular complexity index is 306. The number of hydrogen-bond acceptors (Lipinski definition) is 2. The highest BCUT2D eigenvalue weighted by molar-refractivity contribution is 5.09. The van der Waals surface area contributed by atoms with E-state index in [9.17, 15) is 0 Å². The Morgan fingerprint density at radius 2 is 2.33 bits per heavy atom. The fourth-order valence-corrected chi connectivity index (χ4v) is 1.28. The first-order valence-electron chi connectivity index (χ1n) is 4.11. The molecule has 0 spiro atoms. The van der Waals surface area contributed by atoms with Gasteiger partial charge in [0.25, 0.3) is 0 Å². The predicted molar refractivity (Wildman–Crippen MR) is 46.6 cm³/mol. The summed E-state index contributed by atoms with van der Waals surface area (Å²) < 4.78 is 1.79. The topological polar surface area (TPSA) is 41.6 Å². The van der Waals surface area contributed by atoms with Gasteiger partial charge in [-0.1, -0.05) is 6.92 Å². The van der Waals surface area contributed by atoms with Gasteiger partial charge >= 0.3 is 0 Å². The first-order valence-corrected chi connectivity index (χ1v) is 4.11. The monoisotopic (exact) mass is 163 g/mol. The van der Waals surface area contributed by atoms with Crippen LogP contribution >= 0.6 is 0 Å². The van der Waals surface area contributed by atoms with Crippen molar-refractivity contribution >= 4 is 0 Å². The molecule has 0 aliphatic carbocycles. The van der Waals surface area contributed by atoms with E-state index in [2.05, 4.69) is 11.2 Å². The second kappa shape index (κ2) is 3.40. The van der Waals surface area contributed by atoms with E-state index >= 15 is 0 Å². The zero-order valence-electron chi connectivity index (χ0n) is 7.70. The number of rotatable bonds is 2. The Labute approximate surface area is 72.6 Å². The van der Waals surface area contributed by atoms with Crippen LogP contribution in [0.4, 0.5) is 0 Å². The minimum atomic E-state index is -0.112. The smallest absolute Gasteiger partial charge is 0.138 e. The molecule has 0 fully saturated rings. The van der Waals surface area contributed by atoms with Gasteiger partial charge < -0.3 is 0 Å². The van der Waals surface area contributed by atoms with Crippen molar-refractivity contribution < 1.29 is 0 Å². The van der Waals surface area contributed by atoms with Gasteiger partial charge in [-0.3, -0.25) is 4.68 Å². The largest absolute Gasteiger partial charge is 0.252 e. The predicted octanol–water partition coefficient (Wildman–Crippen LogP) is 1.97. The quantitative estimate of drug-likeness (QED) is 0.668. The Balaban J connectivity index is 3.02. The van der Waals surface area contributed by atoms with Crippen molar-refractivity contribution in [1.29, 1.82) is 5.26 Å². The van der Waals surface area contributed by atoms with Gasteiger partial charge in [0.05, 0.1) is 11.8 Å². The molecule has 1 unspecified atom stereocenters. The Morgan fingerprint density at radius 1 is 1.67 bits per heavy atom. The summed E-state index contributed by atoms with van der Waals surface area (Å²) in [5.41, 5.74) is 2.03. The fraction of sp³-hybridized carbons (Fsp3) is 0.556. The molecular formula is C9H13N3. The average Bonchev–Trinajstić information content (AvgIpc) is 2.34. The Morgan fingerprint density at radius 3 is 2.67 bits per heavy atom. The highest BCUT2D eigenvalue weighted by atomic mass is 15.3. The molecule has 0 radical (unpaired) electrons. The van der Waals surface area contributed by atoms with Gasteiger partial charge in [0.2, 0.25) is 0 Å². The molecule has 1 atom stereocenters. The maximum absolute atomic E-state index is 8.80. The third kappa shape index (κ3) is 1.48. The van der Waals surface area contributed by atoms with E-state index in [1.54, 1.807) is 4.68 Å². The molecule has 0 saturated carbocycles. The van der Waals surface area contributed by atoms with Crippen LogP contribution in [0.15, 0.2) is 6.07 Å². The van der Waals surface area contributed by atoms with E-state index in [1.165, 1.54) is 0 Å². The average molecular weight is 163 g/mol. The summed E-state index contributed by atoms with van der Waals surface area (Å²) in [6.07, 6.45) is 0.804. The maximum Gasteiger partial charge on any atom is 0.138 e. The van der Waals surface area contributed by atoms with E-state index in [4.69, 9.17) is 5.26 Å². The van der Waals surface area contributed by atoms with Crippen LogP contribution in [0.3, 0.4) is 0 Å². The van der Waals surface area contributed by atoms with Gasteiger partial charge in [0.1, 0.15) is 6.04 Å². The van der Waals surface area contributed by atoms with E-state index in [0.717, 1.165) is 17.8 Å². The lowest BCUT2D eigenvalue weighted by molar-refractivity contribution is 0.519. The zero-order chi connectivity index (χ0) is 9.14. The molecule has 3 heteroatoms. The number of aryl methyl sites for hydroxylation is 2. The minimum absolute atomic E-state index is 0.112. The molecule has 12 heavy (non-hydrogen) atoms. The molecule has 0 aliphatic rings. The van der Waals surface area contributed by atoms with E-state index in [-0.39, 0.29) is 6.04 Å². The van der Waals surface area contributed by atoms with Crippen LogP contribution in [-0.2, 0) is 0 Å². The number of nitriles is 1. The lowest BCUT2D eigenvalue weighted by Crippen LogP contribution is -2.09. The highest BCUT2D eigenvalue weighted by Gasteiger charge is 2.10. The van der Waals surface area contributed by atoms with Crippen LogP contribution in [0, 0.1) is 25.2 Å². The van der Waals surface area contributed by atoms with Crippen LogP contribution in [0.25, 0.3) is 0 Å². The second-order valence-electron chi connectivity index (χ2n) is 2.92. The highest BCUT2D eigenvalue weighted by Crippen LogP contribution is 2.12. The summed E-state index contributed by atoms with van der Waals surface area (Å²) in [7, 11) is 0. The van der Waals surface area contributed by atoms with Crippen molar-refractivity contribution in [2.75, 3.05) is 0 Å². The van der Waals surface area contributed by atoms with Crippen LogP contribution in [0.5, 0.6) is 0 Å². The van der Waals surface area contributed by atoms with Gasteiger partial charge in [-0.25, -0.2) is 0 Å². The number of hydrogen-bond donors (Lipinski definition) is 0. The lowest BCUT2D eigenvalue weighted by Gasteiger charge is -2.07. The van der Waals surface area contributed by atoms with Crippen molar-refractivity contribution in [2.45, 2.75) is 33.2 Å². The molecule has 1 heterocycles. The first-order chi connectivity index (χ1) is 5.69. The molecule has 64 valence electrons. The summed E-state index contributed by atoms with van der Waals surface area (Å²) in [6.45, 7) is 5.90. The van der Waals surface area contributed by atoms with Crippen molar-refractivity contribution in [3.63, 3.8) is 0 Å². The molecule has 3 nitrogen and oxygen atoms in total. The van der Waals surface area contributed by atoms with Crippen molar-refractivity contribution in [2.24, 2.45) is 0 Å². The van der Waals surface area contributed by atoms with Crippen molar-refractivity contribution in [3.05, 3.63) is 17.5 Å². The lowest BCUT2D eigenvalue weighted by atomic mass is 10.2. The molecule has 1 rings (SSSR count). The maximum atomic E-state index is 8.80. The van der Waals surface area contributed by atoms with E-state index < -0.39 is 0 Å². The van der Waals surface area contributed by atoms with Gasteiger partial charge in [-0.15, -0.1) is 0 Å². The number of aromatic nitrogens is 2. The second-order valence-corrected chi connectivity index (χ2v) is 2.92. The Kier molecular flexibility index (Phi) is 2.49. The number of nitrogens with zero attached hydrogens (tertiary/aromatic N) is 3. The molecule has 0 aromatic carbocycles. The molecule has 0 N–H and O–H groups in total. The van der Waals surface area contributed by atoms with Crippen LogP contribution in [-0.4, -0.2) is 9.78 Å². The molecule has 0 bridgehead atoms. The fourth-order valence-electron chi connectivity index (χ4n) is 1.28. The first kappa shape index (κ1) is 8.79. The summed E-state index contributed by atoms with van der Waals surface area (Å²) in [5, 5.41) is 13.0. The minimum Gasteiger partial charge on any atom is -0.252 e. The summed E-state index contributed by atoms with van der Waals surface area (Å²) >= 11 is 0. The standard InChI is InChI=1S/C9H13N3/c1-4-9(6-10)12-8(3)5-7(2)11-12/h5,9H,4H2,1-3H3. The molecule has 0 amide bonds. The summed E-state index contributed by atoms with van der Waals surface area (Å²) in [4.78, 5) is 0. The Hall–Kier alpha value is -1.30. The van der Waals surface area contributed by atoms with Gasteiger partial charge in [0.15, 0.2) is 0 Å². The third-order valence-corrected chi connectivity index (χ3v) is 1.88. The van der Waals surface area contributed by atoms with Crippen LogP contribution in [0.2, 0.25) is 0 Å². The van der Waals surface area contributed by atoms with Gasteiger partial charge in [-0.05, 0) is 26.3 Å². The van der Waals surface area contributed by atoms with Crippen LogP contribution < -0.4 is 0 Å². The molecule has 1 aromatic heterocycles. The SMILES string of the molecule is CCC(C#N)n1nc(C)cc1C. The third-order valence-electron chi connectivity index (χ3n) is 1.88. The molecule has 0 aliphatic heterocycles. The zero-order valence-corrected chi connectivity index (χ0v) is 7.70. The molecular weight excluding hydrogens is 150 g/mol. The van der Waals surface area contributed by atoms with Gasteiger partial charge in [-0.2, -0.15) is 10.4 Å². The van der Waals surface area contributed by atoms with Crippen LogP contribution in [0.1, 0.15) is 30.8 Å². The normalized spacial score (nSPS) is 12.5. The summed E-state index contributed by atoms with van der Waals surface area (Å²) in [6, 6.07) is 4.10. The molecule has 0 saturated heterocycles. The van der Waals surface area contributed by atoms with E-state index in [0.29, 0.717) is 0 Å². The van der Waals surface area contributed by atoms with E-state index in [1.807, 2.05) is 26.8 Å².